The number of nitrogens with zero attached hydrogens (tertiary/aromatic N) is 2. The fourth-order valence-corrected chi connectivity index (χ4v) is 5.57. The lowest BCUT2D eigenvalue weighted by molar-refractivity contribution is -0.146. The molecule has 2 aliphatic heterocycles. The molecule has 0 spiro atoms. The van der Waals surface area contributed by atoms with Crippen LogP contribution in [0.15, 0.2) is 29.2 Å². The molecule has 0 N–H and O–H groups in total. The van der Waals surface area contributed by atoms with E-state index in [0.29, 0.717) is 31.5 Å². The van der Waals surface area contributed by atoms with Crippen LogP contribution in [0.5, 0.6) is 0 Å². The molecule has 0 radical (unpaired) electrons. The van der Waals surface area contributed by atoms with Crippen LogP contribution < -0.4 is 0 Å². The number of piperidine rings is 1. The molecule has 160 valence electrons. The highest BCUT2D eigenvalue weighted by Crippen LogP contribution is 2.24. The predicted octanol–water partition coefficient (Wildman–Crippen LogP) is 1.51. The number of carbonyl (C=O) groups is 2. The fraction of sp³-hybridized carbons (Fsp3) is 0.600. The van der Waals surface area contributed by atoms with Crippen LogP contribution in [0.4, 0.5) is 0 Å². The van der Waals surface area contributed by atoms with Gasteiger partial charge in [0.15, 0.2) is 0 Å². The Bertz CT molecular complexity index is 853. The van der Waals surface area contributed by atoms with Crippen LogP contribution in [-0.2, 0) is 24.3 Å². The van der Waals surface area contributed by atoms with E-state index in [2.05, 4.69) is 0 Å². The SMILES string of the molecule is COC(=O)C1CCN(C(=O)c2cccc(S(=O)(=O)N3CC(C)OC(C)C3)c2)CC1. The van der Waals surface area contributed by atoms with Crippen LogP contribution >= 0.6 is 0 Å². The molecule has 1 aromatic rings. The third-order valence-corrected chi connectivity index (χ3v) is 7.25. The minimum absolute atomic E-state index is 0.106. The molecule has 0 aliphatic carbocycles. The average Bonchev–Trinajstić information content (AvgIpc) is 2.72. The van der Waals surface area contributed by atoms with Crippen molar-refractivity contribution in [3.63, 3.8) is 0 Å². The second-order valence-electron chi connectivity index (χ2n) is 7.70. The number of sulfonamides is 1. The lowest BCUT2D eigenvalue weighted by atomic mass is 9.96. The summed E-state index contributed by atoms with van der Waals surface area (Å²) < 4.78 is 38.0. The monoisotopic (exact) mass is 424 g/mol. The topological polar surface area (TPSA) is 93.2 Å². The first-order chi connectivity index (χ1) is 13.7. The second kappa shape index (κ2) is 8.81. The molecule has 1 aromatic carbocycles. The van der Waals surface area contributed by atoms with Crippen LogP contribution in [0, 0.1) is 5.92 Å². The number of amides is 1. The van der Waals surface area contributed by atoms with Gasteiger partial charge in [0.1, 0.15) is 0 Å². The lowest BCUT2D eigenvalue weighted by Gasteiger charge is -2.34. The van der Waals surface area contributed by atoms with Crippen LogP contribution in [0.1, 0.15) is 37.0 Å². The highest BCUT2D eigenvalue weighted by molar-refractivity contribution is 7.89. The number of hydrogen-bond donors (Lipinski definition) is 0. The number of ether oxygens (including phenoxy) is 2. The minimum Gasteiger partial charge on any atom is -0.469 e. The van der Waals surface area contributed by atoms with Gasteiger partial charge in [-0.1, -0.05) is 6.07 Å². The smallest absolute Gasteiger partial charge is 0.308 e. The first-order valence-electron chi connectivity index (χ1n) is 9.85. The van der Waals surface area contributed by atoms with Gasteiger partial charge in [-0.2, -0.15) is 4.31 Å². The number of methoxy groups -OCH3 is 1. The van der Waals surface area contributed by atoms with Crippen LogP contribution in [0.25, 0.3) is 0 Å². The van der Waals surface area contributed by atoms with E-state index in [1.54, 1.807) is 17.0 Å². The first kappa shape index (κ1) is 21.7. The molecule has 2 heterocycles. The van der Waals surface area contributed by atoms with Crippen LogP contribution in [0.3, 0.4) is 0 Å². The van der Waals surface area contributed by atoms with Crippen molar-refractivity contribution in [1.29, 1.82) is 0 Å². The van der Waals surface area contributed by atoms with Gasteiger partial charge in [-0.25, -0.2) is 8.42 Å². The third-order valence-electron chi connectivity index (χ3n) is 5.42. The van der Waals surface area contributed by atoms with Gasteiger partial charge in [-0.3, -0.25) is 9.59 Å². The molecule has 0 saturated carbocycles. The summed E-state index contributed by atoms with van der Waals surface area (Å²) in [6.07, 6.45) is 0.712. The Labute approximate surface area is 171 Å². The van der Waals surface area contributed by atoms with Gasteiger partial charge in [0.25, 0.3) is 5.91 Å². The van der Waals surface area contributed by atoms with Crippen molar-refractivity contribution in [3.8, 4) is 0 Å². The number of hydrogen-bond acceptors (Lipinski definition) is 6. The van der Waals surface area contributed by atoms with E-state index in [9.17, 15) is 18.0 Å². The quantitative estimate of drug-likeness (QED) is 0.680. The summed E-state index contributed by atoms with van der Waals surface area (Å²) in [5.41, 5.74) is 0.331. The Hall–Kier alpha value is -1.97. The van der Waals surface area contributed by atoms with Crippen molar-refractivity contribution < 1.29 is 27.5 Å². The summed E-state index contributed by atoms with van der Waals surface area (Å²) in [5, 5.41) is 0. The number of morpholine rings is 1. The summed E-state index contributed by atoms with van der Waals surface area (Å²) in [7, 11) is -2.35. The van der Waals surface area contributed by atoms with E-state index in [1.807, 2.05) is 13.8 Å². The maximum Gasteiger partial charge on any atom is 0.308 e. The largest absolute Gasteiger partial charge is 0.469 e. The summed E-state index contributed by atoms with van der Waals surface area (Å²) in [6, 6.07) is 6.17. The molecule has 2 saturated heterocycles. The number of benzene rings is 1. The van der Waals surface area contributed by atoms with Crippen molar-refractivity contribution in [2.75, 3.05) is 33.3 Å². The molecule has 9 heteroatoms. The highest BCUT2D eigenvalue weighted by Gasteiger charge is 2.33. The molecular formula is C20H28N2O6S. The first-order valence-corrected chi connectivity index (χ1v) is 11.3. The Kier molecular flexibility index (Phi) is 6.60. The summed E-state index contributed by atoms with van der Waals surface area (Å²) in [6.45, 7) is 5.13. The van der Waals surface area contributed by atoms with Crippen LogP contribution in [-0.4, -0.2) is 75.0 Å². The molecule has 2 fully saturated rings. The van der Waals surface area contributed by atoms with Gasteiger partial charge in [0.2, 0.25) is 10.0 Å². The third kappa shape index (κ3) is 4.79. The van der Waals surface area contributed by atoms with Gasteiger partial charge in [0.05, 0.1) is 30.1 Å². The summed E-state index contributed by atoms with van der Waals surface area (Å²) >= 11 is 0. The average molecular weight is 425 g/mol. The Morgan fingerprint density at radius 3 is 2.31 bits per heavy atom. The number of rotatable bonds is 4. The Morgan fingerprint density at radius 2 is 1.72 bits per heavy atom. The van der Waals surface area contributed by atoms with Gasteiger partial charge in [0, 0.05) is 31.7 Å². The fourth-order valence-electron chi connectivity index (χ4n) is 3.93. The molecule has 2 unspecified atom stereocenters. The summed E-state index contributed by atoms with van der Waals surface area (Å²) in [4.78, 5) is 26.3. The number of likely N-dealkylation sites (tertiary alicyclic amines) is 1. The van der Waals surface area contributed by atoms with E-state index in [4.69, 9.17) is 9.47 Å². The minimum atomic E-state index is -3.72. The highest BCUT2D eigenvalue weighted by atomic mass is 32.2. The van der Waals surface area contributed by atoms with E-state index in [1.165, 1.54) is 23.5 Å². The zero-order valence-corrected chi connectivity index (χ0v) is 17.9. The van der Waals surface area contributed by atoms with Crippen LogP contribution in [0.2, 0.25) is 0 Å². The maximum absolute atomic E-state index is 13.1. The second-order valence-corrected chi connectivity index (χ2v) is 9.63. The van der Waals surface area contributed by atoms with Gasteiger partial charge >= 0.3 is 5.97 Å². The summed E-state index contributed by atoms with van der Waals surface area (Å²) in [5.74, 6) is -0.672. The van der Waals surface area contributed by atoms with Gasteiger partial charge in [-0.05, 0) is 44.9 Å². The van der Waals surface area contributed by atoms with E-state index >= 15 is 0 Å². The normalized spacial score (nSPS) is 24.3. The molecule has 0 aromatic heterocycles. The molecule has 3 rings (SSSR count). The van der Waals surface area contributed by atoms with E-state index in [0.717, 1.165) is 0 Å². The zero-order valence-electron chi connectivity index (χ0n) is 17.0. The molecule has 2 aliphatic rings. The zero-order chi connectivity index (χ0) is 21.2. The van der Waals surface area contributed by atoms with E-state index < -0.39 is 10.0 Å². The molecule has 2 atom stereocenters. The molecule has 29 heavy (non-hydrogen) atoms. The van der Waals surface area contributed by atoms with Crippen molar-refractivity contribution in [2.24, 2.45) is 5.92 Å². The molecular weight excluding hydrogens is 396 g/mol. The standard InChI is InChI=1S/C20H28N2O6S/c1-14-12-22(13-15(2)28-14)29(25,26)18-6-4-5-17(11-18)19(23)21-9-7-16(8-10-21)20(24)27-3/h4-6,11,14-16H,7-10,12-13H2,1-3H3. The molecule has 1 amide bonds. The Balaban J connectivity index is 1.74. The predicted molar refractivity (Wildman–Crippen MR) is 106 cm³/mol. The molecule has 8 nitrogen and oxygen atoms in total. The molecule has 0 bridgehead atoms. The Morgan fingerprint density at radius 1 is 1.10 bits per heavy atom. The van der Waals surface area contributed by atoms with Crippen molar-refractivity contribution >= 4 is 21.9 Å². The van der Waals surface area contributed by atoms with Gasteiger partial charge in [-0.15, -0.1) is 0 Å². The number of esters is 1. The van der Waals surface area contributed by atoms with Crippen molar-refractivity contribution in [1.82, 2.24) is 9.21 Å². The van der Waals surface area contributed by atoms with Crippen molar-refractivity contribution in [3.05, 3.63) is 29.8 Å². The maximum atomic E-state index is 13.1. The van der Waals surface area contributed by atoms with Crippen molar-refractivity contribution in [2.45, 2.75) is 43.8 Å². The lowest BCUT2D eigenvalue weighted by Crippen LogP contribution is -2.48. The van der Waals surface area contributed by atoms with Gasteiger partial charge < -0.3 is 14.4 Å². The van der Waals surface area contributed by atoms with E-state index in [-0.39, 0.29) is 48.0 Å². The number of carbonyl (C=O) groups excluding carboxylic acids is 2.